The van der Waals surface area contributed by atoms with Crippen LogP contribution in [0.1, 0.15) is 39.0 Å². The molecule has 0 atom stereocenters. The molecule has 1 rings (SSSR count). The highest BCUT2D eigenvalue weighted by Crippen LogP contribution is 2.26. The van der Waals surface area contributed by atoms with Crippen LogP contribution in [0, 0.1) is 5.92 Å². The Morgan fingerprint density at radius 2 is 1.85 bits per heavy atom. The van der Waals surface area contributed by atoms with Crippen molar-refractivity contribution in [2.75, 3.05) is 5.75 Å². The lowest BCUT2D eigenvalue weighted by Gasteiger charge is -2.20. The smallest absolute Gasteiger partial charge is 0.000231 e. The van der Waals surface area contributed by atoms with Gasteiger partial charge in [-0.1, -0.05) is 25.3 Å². The fourth-order valence-corrected chi connectivity index (χ4v) is 2.55. The molecule has 0 saturated heterocycles. The maximum atomic E-state index is 3.00. The molecule has 0 aromatic carbocycles. The molecule has 0 N–H and O–H groups in total. The summed E-state index contributed by atoms with van der Waals surface area (Å²) in [5.41, 5.74) is 0. The van der Waals surface area contributed by atoms with Gasteiger partial charge in [-0.25, -0.2) is 0 Å². The minimum Gasteiger partial charge on any atom is -0.134 e. The number of hydrogen-bond acceptors (Lipinski definition) is 1. The molecule has 1 fully saturated rings. The molecule has 0 radical (unpaired) electrons. The predicted octanol–water partition coefficient (Wildman–Crippen LogP) is 4.64. The second-order valence-corrected chi connectivity index (χ2v) is 4.25. The molecule has 1 aliphatic rings. The van der Waals surface area contributed by atoms with Crippen LogP contribution in [0.2, 0.25) is 0 Å². The molecule has 13 heavy (non-hydrogen) atoms. The van der Waals surface area contributed by atoms with Crippen LogP contribution in [-0.4, -0.2) is 5.75 Å². The molecule has 0 unspecified atom stereocenters. The van der Waals surface area contributed by atoms with Gasteiger partial charge in [0.1, 0.15) is 0 Å². The lowest BCUT2D eigenvalue weighted by molar-refractivity contribution is 0.391. The van der Waals surface area contributed by atoms with Crippen molar-refractivity contribution in [2.45, 2.75) is 39.0 Å². The maximum Gasteiger partial charge on any atom is 0.000231 e. The normalized spacial score (nSPS) is 18.2. The van der Waals surface area contributed by atoms with Gasteiger partial charge in [-0.15, -0.1) is 24.9 Å². The topological polar surface area (TPSA) is 0 Å². The van der Waals surface area contributed by atoms with Gasteiger partial charge in [0.05, 0.1) is 0 Å². The van der Waals surface area contributed by atoms with E-state index in [4.69, 9.17) is 0 Å². The van der Waals surface area contributed by atoms with Crippen LogP contribution >= 0.6 is 11.8 Å². The third kappa shape index (κ3) is 6.94. The summed E-state index contributed by atoms with van der Waals surface area (Å²) in [6, 6.07) is 0. The van der Waals surface area contributed by atoms with E-state index in [1.54, 1.807) is 0 Å². The molecule has 0 aromatic rings. The molecule has 0 aromatic heterocycles. The number of rotatable bonds is 3. The van der Waals surface area contributed by atoms with Crippen molar-refractivity contribution in [1.82, 2.24) is 0 Å². The van der Waals surface area contributed by atoms with Crippen molar-refractivity contribution in [3.63, 3.8) is 0 Å². The molecular weight excluding hydrogens is 176 g/mol. The Balaban J connectivity index is 0.000000671. The van der Waals surface area contributed by atoms with Crippen LogP contribution in [0.15, 0.2) is 24.6 Å². The molecule has 0 nitrogen and oxygen atoms in total. The van der Waals surface area contributed by atoms with Crippen molar-refractivity contribution in [3.05, 3.63) is 24.6 Å². The van der Waals surface area contributed by atoms with Gasteiger partial charge in [0.2, 0.25) is 0 Å². The summed E-state index contributed by atoms with van der Waals surface area (Å²) in [5.74, 6) is 2.37. The summed E-state index contributed by atoms with van der Waals surface area (Å²) in [5, 5.41) is 2.22. The lowest BCUT2D eigenvalue weighted by Crippen LogP contribution is -2.07. The van der Waals surface area contributed by atoms with Crippen molar-refractivity contribution in [2.24, 2.45) is 5.92 Å². The van der Waals surface area contributed by atoms with E-state index in [0.29, 0.717) is 0 Å². The van der Waals surface area contributed by atoms with E-state index >= 15 is 0 Å². The van der Waals surface area contributed by atoms with Crippen molar-refractivity contribution in [1.29, 1.82) is 0 Å². The second kappa shape index (κ2) is 9.91. The highest BCUT2D eigenvalue weighted by molar-refractivity contribution is 8.02. The summed E-state index contributed by atoms with van der Waals surface area (Å²) >= 11 is 1.98. The Labute approximate surface area is 87.5 Å². The standard InChI is InChI=1S/C10H18S.C2H4/c1-2-8-11-9-10-6-4-3-5-7-10;1-2/h2,8,10H,3-7,9H2,1H3;1-2H2/b8-2-;. The number of hydrogen-bond donors (Lipinski definition) is 0. The average molecular weight is 198 g/mol. The molecule has 1 aliphatic carbocycles. The zero-order chi connectivity index (χ0) is 9.94. The minimum atomic E-state index is 1.02. The Morgan fingerprint density at radius 1 is 1.23 bits per heavy atom. The lowest BCUT2D eigenvalue weighted by atomic mass is 9.91. The van der Waals surface area contributed by atoms with Crippen molar-refractivity contribution in [3.8, 4) is 0 Å². The molecule has 0 bridgehead atoms. The fourth-order valence-electron chi connectivity index (χ4n) is 1.64. The van der Waals surface area contributed by atoms with Gasteiger partial charge < -0.3 is 0 Å². The summed E-state index contributed by atoms with van der Waals surface area (Å²) in [6.45, 7) is 8.09. The maximum absolute atomic E-state index is 3.00. The first kappa shape index (κ1) is 12.8. The highest BCUT2D eigenvalue weighted by Gasteiger charge is 2.11. The molecule has 0 amide bonds. The quantitative estimate of drug-likeness (QED) is 0.595. The van der Waals surface area contributed by atoms with Crippen LogP contribution in [0.3, 0.4) is 0 Å². The number of thioether (sulfide) groups is 1. The van der Waals surface area contributed by atoms with Crippen LogP contribution in [-0.2, 0) is 0 Å². The first-order valence-corrected chi connectivity index (χ1v) is 6.21. The monoisotopic (exact) mass is 198 g/mol. The first-order valence-electron chi connectivity index (χ1n) is 5.16. The summed E-state index contributed by atoms with van der Waals surface area (Å²) in [6.07, 6.45) is 9.51. The predicted molar refractivity (Wildman–Crippen MR) is 65.1 cm³/mol. The summed E-state index contributed by atoms with van der Waals surface area (Å²) in [7, 11) is 0. The van der Waals surface area contributed by atoms with Crippen LogP contribution in [0.4, 0.5) is 0 Å². The molecule has 1 heteroatoms. The Hall–Kier alpha value is -0.170. The molecule has 0 aliphatic heterocycles. The summed E-state index contributed by atoms with van der Waals surface area (Å²) in [4.78, 5) is 0. The van der Waals surface area contributed by atoms with Gasteiger partial charge >= 0.3 is 0 Å². The van der Waals surface area contributed by atoms with Gasteiger partial charge in [0.25, 0.3) is 0 Å². The highest BCUT2D eigenvalue weighted by atomic mass is 32.2. The Morgan fingerprint density at radius 3 is 2.38 bits per heavy atom. The van der Waals surface area contributed by atoms with E-state index in [1.807, 2.05) is 11.8 Å². The van der Waals surface area contributed by atoms with Gasteiger partial charge in [0.15, 0.2) is 0 Å². The third-order valence-corrected chi connectivity index (χ3v) is 3.42. The van der Waals surface area contributed by atoms with Gasteiger partial charge in [-0.3, -0.25) is 0 Å². The van der Waals surface area contributed by atoms with E-state index in [9.17, 15) is 0 Å². The van der Waals surface area contributed by atoms with Gasteiger partial charge in [-0.05, 0) is 31.1 Å². The van der Waals surface area contributed by atoms with Crippen molar-refractivity contribution < 1.29 is 0 Å². The molecule has 0 spiro atoms. The average Bonchev–Trinajstić information content (AvgIpc) is 2.23. The zero-order valence-corrected chi connectivity index (χ0v) is 9.61. The molecule has 76 valence electrons. The zero-order valence-electron chi connectivity index (χ0n) is 8.80. The molecule has 0 heterocycles. The molecule has 1 saturated carbocycles. The SMILES string of the molecule is C/C=C\SCC1CCCCC1.C=C. The fraction of sp³-hybridized carbons (Fsp3) is 0.667. The van der Waals surface area contributed by atoms with E-state index in [1.165, 1.54) is 37.9 Å². The third-order valence-electron chi connectivity index (χ3n) is 2.29. The molecular formula is C12H22S. The summed E-state index contributed by atoms with van der Waals surface area (Å²) < 4.78 is 0. The van der Waals surface area contributed by atoms with Crippen molar-refractivity contribution >= 4 is 11.8 Å². The van der Waals surface area contributed by atoms with Gasteiger partial charge in [-0.2, -0.15) is 0 Å². The Bertz CT molecular complexity index is 123. The van der Waals surface area contributed by atoms with Crippen LogP contribution in [0.25, 0.3) is 0 Å². The Kier molecular flexibility index (Phi) is 9.78. The van der Waals surface area contributed by atoms with Crippen LogP contribution in [0.5, 0.6) is 0 Å². The van der Waals surface area contributed by atoms with E-state index in [-0.39, 0.29) is 0 Å². The van der Waals surface area contributed by atoms with E-state index in [0.717, 1.165) is 5.92 Å². The van der Waals surface area contributed by atoms with Crippen LogP contribution < -0.4 is 0 Å². The number of allylic oxidation sites excluding steroid dienone is 1. The van der Waals surface area contributed by atoms with E-state index in [2.05, 4.69) is 31.6 Å². The largest absolute Gasteiger partial charge is 0.134 e. The minimum absolute atomic E-state index is 1.02. The second-order valence-electron chi connectivity index (χ2n) is 3.31. The van der Waals surface area contributed by atoms with Gasteiger partial charge in [0, 0.05) is 5.75 Å². The van der Waals surface area contributed by atoms with E-state index < -0.39 is 0 Å². The first-order chi connectivity index (χ1) is 6.43.